The third-order valence-corrected chi connectivity index (χ3v) is 3.81. The van der Waals surface area contributed by atoms with Gasteiger partial charge in [0.15, 0.2) is 0 Å². The molecule has 2 aromatic carbocycles. The Morgan fingerprint density at radius 1 is 1.04 bits per heavy atom. The normalized spacial score (nSPS) is 10.9. The topological polar surface area (TPSA) is 45.5 Å². The molecule has 0 bridgehead atoms. The van der Waals surface area contributed by atoms with E-state index >= 15 is 0 Å². The number of methoxy groups -OCH3 is 1. The standard InChI is InChI=1S/C19H22N2O3/c1-3-23-12-11-21-18-10-5-4-9-17(18)20-19(21)14-24-16-8-6-7-15(13-16)22-2/h4-10,13H,3,11-12,14H2,1-2H3. The van der Waals surface area contributed by atoms with Gasteiger partial charge in [-0.15, -0.1) is 0 Å². The van der Waals surface area contributed by atoms with E-state index < -0.39 is 0 Å². The van der Waals surface area contributed by atoms with Gasteiger partial charge in [-0.25, -0.2) is 4.98 Å². The Bertz CT molecular complexity index is 798. The van der Waals surface area contributed by atoms with Crippen molar-refractivity contribution < 1.29 is 14.2 Å². The maximum atomic E-state index is 5.91. The molecule has 0 aliphatic heterocycles. The maximum absolute atomic E-state index is 5.91. The molecule has 0 saturated carbocycles. The van der Waals surface area contributed by atoms with E-state index in [9.17, 15) is 0 Å². The van der Waals surface area contributed by atoms with Crippen molar-refractivity contribution in [1.29, 1.82) is 0 Å². The Kier molecular flexibility index (Phi) is 5.33. The molecule has 0 radical (unpaired) electrons. The lowest BCUT2D eigenvalue weighted by molar-refractivity contribution is 0.138. The second-order valence-electron chi connectivity index (χ2n) is 5.33. The number of imidazole rings is 1. The average molecular weight is 326 g/mol. The Balaban J connectivity index is 1.80. The average Bonchev–Trinajstić information content (AvgIpc) is 2.98. The van der Waals surface area contributed by atoms with Crippen LogP contribution in [-0.2, 0) is 17.9 Å². The summed E-state index contributed by atoms with van der Waals surface area (Å²) in [4.78, 5) is 4.70. The van der Waals surface area contributed by atoms with Gasteiger partial charge < -0.3 is 18.8 Å². The molecule has 24 heavy (non-hydrogen) atoms. The number of benzene rings is 2. The van der Waals surface area contributed by atoms with Gasteiger partial charge in [-0.2, -0.15) is 0 Å². The van der Waals surface area contributed by atoms with E-state index in [1.165, 1.54) is 0 Å². The molecule has 0 unspecified atom stereocenters. The molecule has 0 aliphatic carbocycles. The van der Waals surface area contributed by atoms with Crippen molar-refractivity contribution >= 4 is 11.0 Å². The maximum Gasteiger partial charge on any atom is 0.148 e. The lowest BCUT2D eigenvalue weighted by atomic mass is 10.3. The molecule has 0 aliphatic rings. The number of nitrogens with zero attached hydrogens (tertiary/aromatic N) is 2. The van der Waals surface area contributed by atoms with Gasteiger partial charge in [0, 0.05) is 19.2 Å². The summed E-state index contributed by atoms with van der Waals surface area (Å²) < 4.78 is 18.8. The molecule has 0 atom stereocenters. The van der Waals surface area contributed by atoms with Crippen LogP contribution < -0.4 is 9.47 Å². The van der Waals surface area contributed by atoms with Crippen LogP contribution >= 0.6 is 0 Å². The predicted molar refractivity (Wildman–Crippen MR) is 93.6 cm³/mol. The molecule has 3 rings (SSSR count). The lowest BCUT2D eigenvalue weighted by Gasteiger charge is -2.11. The molecule has 0 N–H and O–H groups in total. The van der Waals surface area contributed by atoms with E-state index in [0.29, 0.717) is 19.8 Å². The van der Waals surface area contributed by atoms with Crippen molar-refractivity contribution in [2.24, 2.45) is 0 Å². The Labute approximate surface area is 141 Å². The summed E-state index contributed by atoms with van der Waals surface area (Å²) in [6.45, 7) is 4.52. The number of para-hydroxylation sites is 2. The first-order valence-electron chi connectivity index (χ1n) is 8.10. The van der Waals surface area contributed by atoms with Crippen molar-refractivity contribution in [3.63, 3.8) is 0 Å². The summed E-state index contributed by atoms with van der Waals surface area (Å²) in [7, 11) is 1.65. The molecular formula is C19H22N2O3. The minimum absolute atomic E-state index is 0.397. The van der Waals surface area contributed by atoms with E-state index in [1.54, 1.807) is 7.11 Å². The van der Waals surface area contributed by atoms with Crippen LogP contribution in [-0.4, -0.2) is 29.9 Å². The molecule has 0 spiro atoms. The van der Waals surface area contributed by atoms with Crippen LogP contribution in [0.4, 0.5) is 0 Å². The molecule has 0 amide bonds. The fraction of sp³-hybridized carbons (Fsp3) is 0.316. The van der Waals surface area contributed by atoms with Crippen molar-refractivity contribution in [2.75, 3.05) is 20.3 Å². The summed E-state index contributed by atoms with van der Waals surface area (Å²) in [5.74, 6) is 2.42. The van der Waals surface area contributed by atoms with Crippen LogP contribution in [0.15, 0.2) is 48.5 Å². The van der Waals surface area contributed by atoms with Gasteiger partial charge in [0.25, 0.3) is 0 Å². The number of ether oxygens (including phenoxy) is 3. The number of aromatic nitrogens is 2. The summed E-state index contributed by atoms with van der Waals surface area (Å²) in [6.07, 6.45) is 0. The van der Waals surface area contributed by atoms with Crippen LogP contribution in [0, 0.1) is 0 Å². The third-order valence-electron chi connectivity index (χ3n) is 3.81. The smallest absolute Gasteiger partial charge is 0.148 e. The summed E-state index contributed by atoms with van der Waals surface area (Å²) in [5.41, 5.74) is 2.07. The summed E-state index contributed by atoms with van der Waals surface area (Å²) in [6, 6.07) is 15.7. The molecule has 1 aromatic heterocycles. The zero-order valence-electron chi connectivity index (χ0n) is 14.1. The first-order valence-corrected chi connectivity index (χ1v) is 8.10. The van der Waals surface area contributed by atoms with Crippen molar-refractivity contribution in [2.45, 2.75) is 20.1 Å². The van der Waals surface area contributed by atoms with E-state index in [1.807, 2.05) is 49.4 Å². The van der Waals surface area contributed by atoms with Gasteiger partial charge in [-0.05, 0) is 31.2 Å². The number of fused-ring (bicyclic) bond motifs is 1. The SMILES string of the molecule is CCOCCn1c(COc2cccc(OC)c2)nc2ccccc21. The van der Waals surface area contributed by atoms with Gasteiger partial charge in [-0.3, -0.25) is 0 Å². The first-order chi connectivity index (χ1) is 11.8. The number of hydrogen-bond donors (Lipinski definition) is 0. The third kappa shape index (κ3) is 3.68. The molecule has 0 saturated heterocycles. The zero-order chi connectivity index (χ0) is 16.8. The molecule has 5 nitrogen and oxygen atoms in total. The fourth-order valence-electron chi connectivity index (χ4n) is 2.62. The van der Waals surface area contributed by atoms with Gasteiger partial charge >= 0.3 is 0 Å². The molecule has 5 heteroatoms. The quantitative estimate of drug-likeness (QED) is 0.593. The van der Waals surface area contributed by atoms with Gasteiger partial charge in [0.05, 0.1) is 24.8 Å². The van der Waals surface area contributed by atoms with Crippen LogP contribution in [0.3, 0.4) is 0 Å². The first kappa shape index (κ1) is 16.3. The van der Waals surface area contributed by atoms with Crippen LogP contribution in [0.5, 0.6) is 11.5 Å². The highest BCUT2D eigenvalue weighted by atomic mass is 16.5. The molecular weight excluding hydrogens is 304 g/mol. The fourth-order valence-corrected chi connectivity index (χ4v) is 2.62. The molecule has 1 heterocycles. The van der Waals surface area contributed by atoms with E-state index in [-0.39, 0.29) is 0 Å². The van der Waals surface area contributed by atoms with Crippen LogP contribution in [0.2, 0.25) is 0 Å². The number of hydrogen-bond acceptors (Lipinski definition) is 4. The highest BCUT2D eigenvalue weighted by Crippen LogP contribution is 2.21. The Morgan fingerprint density at radius 3 is 2.71 bits per heavy atom. The van der Waals surface area contributed by atoms with Gasteiger partial charge in [-0.1, -0.05) is 18.2 Å². The molecule has 0 fully saturated rings. The van der Waals surface area contributed by atoms with Crippen LogP contribution in [0.1, 0.15) is 12.7 Å². The van der Waals surface area contributed by atoms with Gasteiger partial charge in [0.1, 0.15) is 23.9 Å². The number of rotatable bonds is 8. The zero-order valence-corrected chi connectivity index (χ0v) is 14.1. The minimum atomic E-state index is 0.397. The largest absolute Gasteiger partial charge is 0.497 e. The molecule has 126 valence electrons. The summed E-state index contributed by atoms with van der Waals surface area (Å²) in [5, 5.41) is 0. The second-order valence-corrected chi connectivity index (χ2v) is 5.33. The summed E-state index contributed by atoms with van der Waals surface area (Å²) >= 11 is 0. The van der Waals surface area contributed by atoms with Crippen molar-refractivity contribution in [3.05, 3.63) is 54.4 Å². The monoisotopic (exact) mass is 326 g/mol. The second kappa shape index (κ2) is 7.84. The van der Waals surface area contributed by atoms with Crippen LogP contribution in [0.25, 0.3) is 11.0 Å². The van der Waals surface area contributed by atoms with E-state index in [4.69, 9.17) is 19.2 Å². The van der Waals surface area contributed by atoms with E-state index in [0.717, 1.165) is 34.9 Å². The van der Waals surface area contributed by atoms with Gasteiger partial charge in [0.2, 0.25) is 0 Å². The lowest BCUT2D eigenvalue weighted by Crippen LogP contribution is -2.11. The highest BCUT2D eigenvalue weighted by Gasteiger charge is 2.11. The van der Waals surface area contributed by atoms with E-state index in [2.05, 4.69) is 10.6 Å². The van der Waals surface area contributed by atoms with Crippen molar-refractivity contribution in [3.8, 4) is 11.5 Å². The Morgan fingerprint density at radius 2 is 1.88 bits per heavy atom. The minimum Gasteiger partial charge on any atom is -0.497 e. The molecule has 3 aromatic rings. The Hall–Kier alpha value is -2.53. The van der Waals surface area contributed by atoms with Crippen molar-refractivity contribution in [1.82, 2.24) is 9.55 Å². The highest BCUT2D eigenvalue weighted by molar-refractivity contribution is 5.75. The predicted octanol–water partition coefficient (Wildman–Crippen LogP) is 3.66.